The fourth-order valence-electron chi connectivity index (χ4n) is 2.77. The SMILES string of the molecule is COc1ccc(C(=O)Nc2ccc(OC)c(NC(=O)c3ccc(OC)cc3)c2)cc1. The van der Waals surface area contributed by atoms with Crippen LogP contribution in [0.15, 0.2) is 66.7 Å². The molecule has 2 N–H and O–H groups in total. The molecule has 0 fully saturated rings. The fourth-order valence-corrected chi connectivity index (χ4v) is 2.77. The highest BCUT2D eigenvalue weighted by Gasteiger charge is 2.13. The van der Waals surface area contributed by atoms with E-state index in [0.29, 0.717) is 39.8 Å². The lowest BCUT2D eigenvalue weighted by Crippen LogP contribution is -2.14. The summed E-state index contributed by atoms with van der Waals surface area (Å²) in [5.41, 5.74) is 1.90. The van der Waals surface area contributed by atoms with Crippen molar-refractivity contribution in [1.82, 2.24) is 0 Å². The third-order valence-corrected chi connectivity index (χ3v) is 4.41. The number of ether oxygens (including phenoxy) is 3. The lowest BCUT2D eigenvalue weighted by Gasteiger charge is -2.13. The molecule has 0 aliphatic carbocycles. The first-order chi connectivity index (χ1) is 14.5. The number of carbonyl (C=O) groups is 2. The molecule has 3 aromatic carbocycles. The Balaban J connectivity index is 1.76. The van der Waals surface area contributed by atoms with Crippen molar-refractivity contribution in [2.45, 2.75) is 0 Å². The first-order valence-electron chi connectivity index (χ1n) is 9.13. The average molecular weight is 406 g/mol. The minimum atomic E-state index is -0.311. The molecule has 7 heteroatoms. The van der Waals surface area contributed by atoms with Crippen molar-refractivity contribution in [1.29, 1.82) is 0 Å². The number of rotatable bonds is 7. The van der Waals surface area contributed by atoms with Crippen LogP contribution in [0.1, 0.15) is 20.7 Å². The van der Waals surface area contributed by atoms with Crippen LogP contribution >= 0.6 is 0 Å². The molecule has 0 aromatic heterocycles. The van der Waals surface area contributed by atoms with Gasteiger partial charge in [0.2, 0.25) is 0 Å². The molecule has 0 heterocycles. The van der Waals surface area contributed by atoms with Gasteiger partial charge in [0.25, 0.3) is 11.8 Å². The van der Waals surface area contributed by atoms with E-state index in [0.717, 1.165) is 0 Å². The van der Waals surface area contributed by atoms with Gasteiger partial charge in [-0.2, -0.15) is 0 Å². The summed E-state index contributed by atoms with van der Waals surface area (Å²) in [4.78, 5) is 25.1. The van der Waals surface area contributed by atoms with E-state index in [-0.39, 0.29) is 11.8 Å². The van der Waals surface area contributed by atoms with Crippen molar-refractivity contribution in [3.05, 3.63) is 77.9 Å². The third-order valence-electron chi connectivity index (χ3n) is 4.41. The van der Waals surface area contributed by atoms with Crippen LogP contribution in [0, 0.1) is 0 Å². The Morgan fingerprint density at radius 1 is 0.633 bits per heavy atom. The number of nitrogens with one attached hydrogen (secondary N) is 2. The smallest absolute Gasteiger partial charge is 0.255 e. The van der Waals surface area contributed by atoms with Gasteiger partial charge in [0.1, 0.15) is 17.2 Å². The Hall–Kier alpha value is -4.00. The molecule has 0 radical (unpaired) electrons. The normalized spacial score (nSPS) is 10.1. The molecule has 2 amide bonds. The minimum Gasteiger partial charge on any atom is -0.497 e. The topological polar surface area (TPSA) is 85.9 Å². The summed E-state index contributed by atoms with van der Waals surface area (Å²) in [5.74, 6) is 1.20. The minimum absolute atomic E-state index is 0.282. The Bertz CT molecular complexity index is 1030. The summed E-state index contributed by atoms with van der Waals surface area (Å²) < 4.78 is 15.5. The molecule has 3 aromatic rings. The molecular weight excluding hydrogens is 384 g/mol. The van der Waals surface area contributed by atoms with Crippen molar-refractivity contribution in [2.24, 2.45) is 0 Å². The maximum absolute atomic E-state index is 12.6. The number of amides is 2. The second kappa shape index (κ2) is 9.47. The Morgan fingerprint density at radius 2 is 1.13 bits per heavy atom. The van der Waals surface area contributed by atoms with Gasteiger partial charge >= 0.3 is 0 Å². The van der Waals surface area contributed by atoms with Gasteiger partial charge < -0.3 is 24.8 Å². The molecule has 3 rings (SSSR count). The van der Waals surface area contributed by atoms with E-state index in [4.69, 9.17) is 14.2 Å². The van der Waals surface area contributed by atoms with Gasteiger partial charge in [0.05, 0.1) is 27.0 Å². The predicted octanol–water partition coefficient (Wildman–Crippen LogP) is 4.22. The van der Waals surface area contributed by atoms with Crippen molar-refractivity contribution < 1.29 is 23.8 Å². The van der Waals surface area contributed by atoms with Gasteiger partial charge in [-0.1, -0.05) is 0 Å². The summed E-state index contributed by atoms with van der Waals surface area (Å²) in [5, 5.41) is 5.62. The third kappa shape index (κ3) is 4.88. The zero-order valence-electron chi connectivity index (χ0n) is 16.9. The molecule has 0 saturated heterocycles. The van der Waals surface area contributed by atoms with Gasteiger partial charge in [-0.25, -0.2) is 0 Å². The number of benzene rings is 3. The average Bonchev–Trinajstić information content (AvgIpc) is 2.79. The van der Waals surface area contributed by atoms with Gasteiger partial charge in [0, 0.05) is 16.8 Å². The van der Waals surface area contributed by atoms with Crippen LogP contribution in [0.3, 0.4) is 0 Å². The number of hydrogen-bond donors (Lipinski definition) is 2. The lowest BCUT2D eigenvalue weighted by molar-refractivity contribution is 0.101. The van der Waals surface area contributed by atoms with Gasteiger partial charge in [0.15, 0.2) is 0 Å². The van der Waals surface area contributed by atoms with E-state index in [1.807, 2.05) is 0 Å². The highest BCUT2D eigenvalue weighted by atomic mass is 16.5. The second-order valence-corrected chi connectivity index (χ2v) is 6.28. The first-order valence-corrected chi connectivity index (χ1v) is 9.13. The zero-order valence-corrected chi connectivity index (χ0v) is 16.9. The molecule has 30 heavy (non-hydrogen) atoms. The van der Waals surface area contributed by atoms with E-state index in [1.165, 1.54) is 7.11 Å². The highest BCUT2D eigenvalue weighted by Crippen LogP contribution is 2.29. The van der Waals surface area contributed by atoms with Crippen LogP contribution in [-0.4, -0.2) is 33.1 Å². The van der Waals surface area contributed by atoms with E-state index in [9.17, 15) is 9.59 Å². The summed E-state index contributed by atoms with van der Waals surface area (Å²) >= 11 is 0. The molecule has 0 spiro atoms. The summed E-state index contributed by atoms with van der Waals surface area (Å²) in [6.07, 6.45) is 0. The zero-order chi connectivity index (χ0) is 21.5. The first kappa shape index (κ1) is 20.7. The second-order valence-electron chi connectivity index (χ2n) is 6.28. The Kier molecular flexibility index (Phi) is 6.54. The van der Waals surface area contributed by atoms with Crippen LogP contribution < -0.4 is 24.8 Å². The van der Waals surface area contributed by atoms with Crippen LogP contribution in [-0.2, 0) is 0 Å². The summed E-state index contributed by atoms with van der Waals surface area (Å²) in [6.45, 7) is 0. The number of methoxy groups -OCH3 is 3. The molecule has 7 nitrogen and oxygen atoms in total. The maximum atomic E-state index is 12.6. The largest absolute Gasteiger partial charge is 0.497 e. The molecule has 0 aliphatic rings. The van der Waals surface area contributed by atoms with E-state index in [1.54, 1.807) is 80.9 Å². The van der Waals surface area contributed by atoms with Gasteiger partial charge in [-0.05, 0) is 66.7 Å². The molecule has 0 atom stereocenters. The highest BCUT2D eigenvalue weighted by molar-refractivity contribution is 6.07. The van der Waals surface area contributed by atoms with Crippen LogP contribution in [0.5, 0.6) is 17.2 Å². The lowest BCUT2D eigenvalue weighted by atomic mass is 10.1. The van der Waals surface area contributed by atoms with Gasteiger partial charge in [-0.3, -0.25) is 9.59 Å². The van der Waals surface area contributed by atoms with Crippen molar-refractivity contribution in [3.63, 3.8) is 0 Å². The molecule has 0 unspecified atom stereocenters. The molecule has 154 valence electrons. The van der Waals surface area contributed by atoms with Gasteiger partial charge in [-0.15, -0.1) is 0 Å². The monoisotopic (exact) mass is 406 g/mol. The maximum Gasteiger partial charge on any atom is 0.255 e. The quantitative estimate of drug-likeness (QED) is 0.614. The van der Waals surface area contributed by atoms with Crippen LogP contribution in [0.2, 0.25) is 0 Å². The van der Waals surface area contributed by atoms with Crippen LogP contribution in [0.4, 0.5) is 11.4 Å². The molecule has 0 saturated carbocycles. The number of carbonyl (C=O) groups excluding carboxylic acids is 2. The van der Waals surface area contributed by atoms with Crippen molar-refractivity contribution >= 4 is 23.2 Å². The summed E-state index contributed by atoms with van der Waals surface area (Å²) in [6, 6.07) is 18.5. The fraction of sp³-hybridized carbons (Fsp3) is 0.130. The molecular formula is C23H22N2O5. The predicted molar refractivity (Wildman–Crippen MR) is 115 cm³/mol. The number of anilines is 2. The molecule has 0 bridgehead atoms. The van der Waals surface area contributed by atoms with E-state index >= 15 is 0 Å². The standard InChI is InChI=1S/C23H22N2O5/c1-28-18-9-4-15(5-10-18)22(26)24-17-8-13-21(30-3)20(14-17)25-23(27)16-6-11-19(29-2)12-7-16/h4-14H,1-3H3,(H,24,26)(H,25,27). The van der Waals surface area contributed by atoms with E-state index < -0.39 is 0 Å². The molecule has 0 aliphatic heterocycles. The summed E-state index contributed by atoms with van der Waals surface area (Å²) in [7, 11) is 4.63. The van der Waals surface area contributed by atoms with Crippen molar-refractivity contribution in [2.75, 3.05) is 32.0 Å². The van der Waals surface area contributed by atoms with Crippen molar-refractivity contribution in [3.8, 4) is 17.2 Å². The Morgan fingerprint density at radius 3 is 1.60 bits per heavy atom. The Labute approximate surface area is 174 Å². The van der Waals surface area contributed by atoms with Crippen LogP contribution in [0.25, 0.3) is 0 Å². The number of hydrogen-bond acceptors (Lipinski definition) is 5. The van der Waals surface area contributed by atoms with E-state index in [2.05, 4.69) is 10.6 Å².